The summed E-state index contributed by atoms with van der Waals surface area (Å²) in [7, 11) is 1.65. The number of pyridine rings is 1. The zero-order chi connectivity index (χ0) is 16.4. The number of methoxy groups -OCH3 is 1. The number of hydrogen-bond donors (Lipinski definition) is 0. The van der Waals surface area contributed by atoms with E-state index in [1.807, 2.05) is 0 Å². The zero-order valence-corrected chi connectivity index (χ0v) is 13.3. The molecular formula is C18H19FN2O2. The molecule has 0 saturated heterocycles. The number of benzene rings is 1. The van der Waals surface area contributed by atoms with Crippen LogP contribution in [0.5, 0.6) is 0 Å². The van der Waals surface area contributed by atoms with Crippen LogP contribution in [0.1, 0.15) is 32.6 Å². The number of ether oxygens (including phenoxy) is 1. The fourth-order valence-electron chi connectivity index (χ4n) is 3.08. The van der Waals surface area contributed by atoms with Crippen molar-refractivity contribution in [2.75, 3.05) is 13.7 Å². The van der Waals surface area contributed by atoms with E-state index in [-0.39, 0.29) is 11.5 Å². The lowest BCUT2D eigenvalue weighted by molar-refractivity contribution is 0.0728. The first-order valence-corrected chi connectivity index (χ1v) is 7.59. The predicted molar refractivity (Wildman–Crippen MR) is 84.5 cm³/mol. The number of aryl methyl sites for hydroxylation is 1. The minimum Gasteiger partial charge on any atom is -0.380 e. The van der Waals surface area contributed by atoms with E-state index in [2.05, 4.69) is 4.98 Å². The van der Waals surface area contributed by atoms with Gasteiger partial charge in [0.05, 0.1) is 12.2 Å². The number of carbonyl (C=O) groups excluding carboxylic acids is 1. The van der Waals surface area contributed by atoms with Crippen molar-refractivity contribution >= 4 is 5.91 Å². The fraction of sp³-hybridized carbons (Fsp3) is 0.333. The second-order valence-electron chi connectivity index (χ2n) is 5.78. The first kappa shape index (κ1) is 15.6. The molecule has 0 bridgehead atoms. The Morgan fingerprint density at radius 2 is 2.22 bits per heavy atom. The number of halogens is 1. The molecule has 120 valence electrons. The lowest BCUT2D eigenvalue weighted by atomic mass is 9.96. The highest BCUT2D eigenvalue weighted by molar-refractivity contribution is 5.96. The summed E-state index contributed by atoms with van der Waals surface area (Å²) in [6.07, 6.45) is 4.32. The van der Waals surface area contributed by atoms with E-state index in [1.165, 1.54) is 11.6 Å². The molecule has 2 aromatic rings. The molecule has 0 saturated carbocycles. The van der Waals surface area contributed by atoms with Crippen molar-refractivity contribution in [1.29, 1.82) is 0 Å². The van der Waals surface area contributed by atoms with E-state index in [4.69, 9.17) is 4.74 Å². The molecule has 0 fully saturated rings. The summed E-state index contributed by atoms with van der Waals surface area (Å²) in [6, 6.07) is 4.71. The summed E-state index contributed by atoms with van der Waals surface area (Å²) in [6.45, 7) is 3.29. The molecule has 0 spiro atoms. The maximum Gasteiger partial charge on any atom is 0.257 e. The Morgan fingerprint density at radius 3 is 2.96 bits per heavy atom. The molecule has 2 heterocycles. The molecule has 0 radical (unpaired) electrons. The Labute approximate surface area is 134 Å². The molecule has 1 amide bonds. The maximum absolute atomic E-state index is 14.0. The van der Waals surface area contributed by atoms with Crippen LogP contribution < -0.4 is 0 Å². The van der Waals surface area contributed by atoms with Gasteiger partial charge in [-0.15, -0.1) is 0 Å². The first-order valence-electron chi connectivity index (χ1n) is 7.59. The lowest BCUT2D eigenvalue weighted by Gasteiger charge is -2.30. The quantitative estimate of drug-likeness (QED) is 0.875. The van der Waals surface area contributed by atoms with Gasteiger partial charge >= 0.3 is 0 Å². The number of fused-ring (bicyclic) bond motifs is 1. The van der Waals surface area contributed by atoms with Crippen LogP contribution in [0.15, 0.2) is 30.6 Å². The molecule has 4 nitrogen and oxygen atoms in total. The topological polar surface area (TPSA) is 42.4 Å². The van der Waals surface area contributed by atoms with Gasteiger partial charge in [0, 0.05) is 32.6 Å². The van der Waals surface area contributed by atoms with E-state index in [9.17, 15) is 9.18 Å². The van der Waals surface area contributed by atoms with Crippen molar-refractivity contribution in [3.05, 3.63) is 64.2 Å². The third kappa shape index (κ3) is 2.97. The highest BCUT2D eigenvalue weighted by Gasteiger charge is 2.26. The van der Waals surface area contributed by atoms with Gasteiger partial charge in [-0.2, -0.15) is 0 Å². The van der Waals surface area contributed by atoms with E-state index >= 15 is 0 Å². The maximum atomic E-state index is 14.0. The van der Waals surface area contributed by atoms with Crippen LogP contribution in [0.25, 0.3) is 0 Å². The van der Waals surface area contributed by atoms with Crippen molar-refractivity contribution < 1.29 is 13.9 Å². The number of hydrogen-bond acceptors (Lipinski definition) is 3. The smallest absolute Gasteiger partial charge is 0.257 e. The van der Waals surface area contributed by atoms with Crippen LogP contribution in [0, 0.1) is 12.7 Å². The molecule has 0 unspecified atom stereocenters. The Hall–Kier alpha value is -2.27. The monoisotopic (exact) mass is 314 g/mol. The Kier molecular flexibility index (Phi) is 4.39. The average molecular weight is 314 g/mol. The summed E-state index contributed by atoms with van der Waals surface area (Å²) >= 11 is 0. The summed E-state index contributed by atoms with van der Waals surface area (Å²) in [5, 5.41) is 0. The molecule has 1 aliphatic rings. The van der Waals surface area contributed by atoms with Crippen LogP contribution in [0.4, 0.5) is 4.39 Å². The Bertz CT molecular complexity index is 726. The summed E-state index contributed by atoms with van der Waals surface area (Å²) in [4.78, 5) is 18.6. The highest BCUT2D eigenvalue weighted by Crippen LogP contribution is 2.24. The van der Waals surface area contributed by atoms with Gasteiger partial charge < -0.3 is 9.64 Å². The van der Waals surface area contributed by atoms with Gasteiger partial charge in [-0.3, -0.25) is 9.78 Å². The molecule has 1 aromatic heterocycles. The third-order valence-electron chi connectivity index (χ3n) is 4.25. The van der Waals surface area contributed by atoms with Crippen molar-refractivity contribution in [2.45, 2.75) is 26.5 Å². The minimum absolute atomic E-state index is 0.164. The first-order chi connectivity index (χ1) is 11.1. The summed E-state index contributed by atoms with van der Waals surface area (Å²) in [5.41, 5.74) is 4.08. The van der Waals surface area contributed by atoms with E-state index in [1.54, 1.807) is 43.5 Å². The van der Waals surface area contributed by atoms with Crippen LogP contribution in [0.3, 0.4) is 0 Å². The fourth-order valence-corrected chi connectivity index (χ4v) is 3.08. The SMILES string of the molecule is COCc1cncc2c1CCN(C(=O)c1c(C)cccc1F)C2. The van der Waals surface area contributed by atoms with Crippen molar-refractivity contribution in [3.8, 4) is 0 Å². The molecule has 5 heteroatoms. The number of amides is 1. The van der Waals surface area contributed by atoms with E-state index < -0.39 is 5.82 Å². The van der Waals surface area contributed by atoms with Crippen molar-refractivity contribution in [2.24, 2.45) is 0 Å². The molecule has 3 rings (SSSR count). The van der Waals surface area contributed by atoms with E-state index in [0.717, 1.165) is 17.5 Å². The van der Waals surface area contributed by atoms with Gasteiger partial charge in [-0.1, -0.05) is 12.1 Å². The average Bonchev–Trinajstić information content (AvgIpc) is 2.54. The van der Waals surface area contributed by atoms with Crippen LogP contribution in [0.2, 0.25) is 0 Å². The molecular weight excluding hydrogens is 295 g/mol. The van der Waals surface area contributed by atoms with Crippen LogP contribution in [-0.2, 0) is 24.3 Å². The Balaban J connectivity index is 1.88. The molecule has 1 aromatic carbocycles. The van der Waals surface area contributed by atoms with Crippen molar-refractivity contribution in [3.63, 3.8) is 0 Å². The second-order valence-corrected chi connectivity index (χ2v) is 5.78. The van der Waals surface area contributed by atoms with Crippen molar-refractivity contribution in [1.82, 2.24) is 9.88 Å². The van der Waals surface area contributed by atoms with Gasteiger partial charge in [0.25, 0.3) is 5.91 Å². The van der Waals surface area contributed by atoms with Gasteiger partial charge in [0.2, 0.25) is 0 Å². The van der Waals surface area contributed by atoms with Gasteiger partial charge in [-0.05, 0) is 41.7 Å². The van der Waals surface area contributed by atoms with Crippen LogP contribution in [-0.4, -0.2) is 29.4 Å². The molecule has 0 aliphatic carbocycles. The zero-order valence-electron chi connectivity index (χ0n) is 13.3. The largest absolute Gasteiger partial charge is 0.380 e. The summed E-state index contributed by atoms with van der Waals surface area (Å²) < 4.78 is 19.2. The van der Waals surface area contributed by atoms with Gasteiger partial charge in [-0.25, -0.2) is 4.39 Å². The van der Waals surface area contributed by atoms with Gasteiger partial charge in [0.1, 0.15) is 5.82 Å². The van der Waals surface area contributed by atoms with Crippen LogP contribution >= 0.6 is 0 Å². The standard InChI is InChI=1S/C18H19FN2O2/c1-12-4-3-5-16(19)17(12)18(22)21-7-6-15-13(10-21)8-20-9-14(15)11-23-2/h3-5,8-9H,6-7,10-11H2,1-2H3. The highest BCUT2D eigenvalue weighted by atomic mass is 19.1. The summed E-state index contributed by atoms with van der Waals surface area (Å²) in [5.74, 6) is -0.726. The number of aromatic nitrogens is 1. The lowest BCUT2D eigenvalue weighted by Crippen LogP contribution is -2.37. The number of nitrogens with zero attached hydrogens (tertiary/aromatic N) is 2. The molecule has 0 atom stereocenters. The van der Waals surface area contributed by atoms with Gasteiger partial charge in [0.15, 0.2) is 0 Å². The molecule has 0 N–H and O–H groups in total. The number of rotatable bonds is 3. The molecule has 23 heavy (non-hydrogen) atoms. The second kappa shape index (κ2) is 6.46. The predicted octanol–water partition coefficient (Wildman–Crippen LogP) is 2.87. The Morgan fingerprint density at radius 1 is 1.39 bits per heavy atom. The number of carbonyl (C=O) groups is 1. The third-order valence-corrected chi connectivity index (χ3v) is 4.25. The van der Waals surface area contributed by atoms with E-state index in [0.29, 0.717) is 25.3 Å². The molecule has 1 aliphatic heterocycles. The minimum atomic E-state index is -0.466. The normalized spacial score (nSPS) is 13.8.